The summed E-state index contributed by atoms with van der Waals surface area (Å²) in [5.74, 6) is -13.5. The maximum Gasteiger partial charge on any atom is 0.313 e. The van der Waals surface area contributed by atoms with Gasteiger partial charge in [0.1, 0.15) is 18.6 Å². The number of halogens is 5. The lowest BCUT2D eigenvalue weighted by Crippen LogP contribution is -2.16. The molecule has 0 fully saturated rings. The maximum absolute atomic E-state index is 13.5. The number of ether oxygens (including phenoxy) is 10. The standard InChI is InChI=1S/C32H41F5O12/c33-27-28(34)30(36)32(31(37)29(27)35)49-26(39)5-6-40-7-8-41-9-10-42-11-12-43-13-14-44-15-16-45-17-18-46-19-20-47-21-22-48-25-3-1-24(23-38)2-4-25/h1-4,23H,5-22H2. The Balaban J connectivity index is 1.25. The molecule has 0 saturated heterocycles. The molecular weight excluding hydrogens is 671 g/mol. The number of carbonyl (C=O) groups is 2. The van der Waals surface area contributed by atoms with Crippen LogP contribution in [0.3, 0.4) is 0 Å². The van der Waals surface area contributed by atoms with Gasteiger partial charge in [0.2, 0.25) is 34.8 Å². The summed E-state index contributed by atoms with van der Waals surface area (Å²) < 4.78 is 119. The van der Waals surface area contributed by atoms with Gasteiger partial charge < -0.3 is 47.4 Å². The molecule has 2 aromatic rings. The van der Waals surface area contributed by atoms with E-state index in [0.717, 1.165) is 6.29 Å². The second-order valence-corrected chi connectivity index (χ2v) is 9.56. The van der Waals surface area contributed by atoms with Crippen LogP contribution in [0.4, 0.5) is 22.0 Å². The fourth-order valence-electron chi connectivity index (χ4n) is 3.50. The molecule has 0 saturated carbocycles. The number of esters is 1. The largest absolute Gasteiger partial charge is 0.491 e. The molecule has 0 aliphatic heterocycles. The van der Waals surface area contributed by atoms with E-state index in [9.17, 15) is 31.5 Å². The molecule has 0 amide bonds. The summed E-state index contributed by atoms with van der Waals surface area (Å²) in [5.41, 5.74) is 0.593. The lowest BCUT2D eigenvalue weighted by molar-refractivity contribution is -0.136. The van der Waals surface area contributed by atoms with Crippen LogP contribution in [0.5, 0.6) is 11.5 Å². The molecule has 0 radical (unpaired) electrons. The van der Waals surface area contributed by atoms with Crippen LogP contribution in [0, 0.1) is 29.1 Å². The van der Waals surface area contributed by atoms with Gasteiger partial charge in [0.15, 0.2) is 0 Å². The van der Waals surface area contributed by atoms with Crippen molar-refractivity contribution in [2.45, 2.75) is 6.42 Å². The minimum absolute atomic E-state index is 0.0769. The summed E-state index contributed by atoms with van der Waals surface area (Å²) in [6.45, 7) is 5.52. The third-order valence-corrected chi connectivity index (χ3v) is 5.95. The Morgan fingerprint density at radius 3 is 1.16 bits per heavy atom. The van der Waals surface area contributed by atoms with Gasteiger partial charge in [-0.05, 0) is 24.3 Å². The summed E-state index contributed by atoms with van der Waals surface area (Å²) in [6.07, 6.45) is 0.285. The van der Waals surface area contributed by atoms with Crippen LogP contribution in [0.1, 0.15) is 16.8 Å². The van der Waals surface area contributed by atoms with Crippen LogP contribution >= 0.6 is 0 Å². The van der Waals surface area contributed by atoms with Crippen molar-refractivity contribution in [1.82, 2.24) is 0 Å². The summed E-state index contributed by atoms with van der Waals surface area (Å²) >= 11 is 0. The molecule has 0 atom stereocenters. The Labute approximate surface area is 280 Å². The van der Waals surface area contributed by atoms with Gasteiger partial charge in [0, 0.05) is 5.56 Å². The van der Waals surface area contributed by atoms with Gasteiger partial charge in [0.05, 0.1) is 112 Å². The molecule has 276 valence electrons. The van der Waals surface area contributed by atoms with E-state index in [1.165, 1.54) is 0 Å². The topological polar surface area (TPSA) is 126 Å². The first-order valence-electron chi connectivity index (χ1n) is 15.4. The molecule has 0 unspecified atom stereocenters. The number of hydrogen-bond acceptors (Lipinski definition) is 12. The van der Waals surface area contributed by atoms with Gasteiger partial charge >= 0.3 is 5.97 Å². The normalized spacial score (nSPS) is 11.2. The van der Waals surface area contributed by atoms with Crippen molar-refractivity contribution in [3.8, 4) is 11.5 Å². The van der Waals surface area contributed by atoms with Crippen LogP contribution in [0.2, 0.25) is 0 Å². The van der Waals surface area contributed by atoms with Crippen LogP contribution < -0.4 is 9.47 Å². The highest BCUT2D eigenvalue weighted by atomic mass is 19.2. The summed E-state index contributed by atoms with van der Waals surface area (Å²) in [4.78, 5) is 22.3. The molecule has 0 aromatic heterocycles. The second-order valence-electron chi connectivity index (χ2n) is 9.56. The zero-order chi connectivity index (χ0) is 35.5. The van der Waals surface area contributed by atoms with Gasteiger partial charge in [-0.15, -0.1) is 0 Å². The predicted octanol–water partition coefficient (Wildman–Crippen LogP) is 3.70. The SMILES string of the molecule is O=Cc1ccc(OCCOCCOCCOCCOCCOCCOCCOCCOCCC(=O)Oc2c(F)c(F)c(F)c(F)c2F)cc1. The van der Waals surface area contributed by atoms with Crippen molar-refractivity contribution < 1.29 is 78.9 Å². The summed E-state index contributed by atoms with van der Waals surface area (Å²) in [7, 11) is 0. The van der Waals surface area contributed by atoms with E-state index in [-0.39, 0.29) is 26.4 Å². The molecule has 49 heavy (non-hydrogen) atoms. The zero-order valence-electron chi connectivity index (χ0n) is 26.9. The van der Waals surface area contributed by atoms with E-state index < -0.39 is 47.2 Å². The first-order valence-corrected chi connectivity index (χ1v) is 15.4. The number of benzene rings is 2. The van der Waals surface area contributed by atoms with Crippen molar-refractivity contribution >= 4 is 12.3 Å². The quantitative estimate of drug-likeness (QED) is 0.0223. The fraction of sp³-hybridized carbons (Fsp3) is 0.562. The first-order chi connectivity index (χ1) is 23.8. The molecule has 0 heterocycles. The van der Waals surface area contributed by atoms with Crippen LogP contribution in [0.15, 0.2) is 24.3 Å². The second kappa shape index (κ2) is 26.6. The van der Waals surface area contributed by atoms with Crippen molar-refractivity contribution in [1.29, 1.82) is 0 Å². The lowest BCUT2D eigenvalue weighted by Gasteiger charge is -2.09. The summed E-state index contributed by atoms with van der Waals surface area (Å²) in [6, 6.07) is 6.83. The van der Waals surface area contributed by atoms with Crippen LogP contribution in [-0.4, -0.2) is 125 Å². The molecular formula is C32H41F5O12. The zero-order valence-corrected chi connectivity index (χ0v) is 26.9. The summed E-state index contributed by atoms with van der Waals surface area (Å²) in [5, 5.41) is 0. The van der Waals surface area contributed by atoms with Gasteiger partial charge in [-0.1, -0.05) is 0 Å². The molecule has 0 aliphatic rings. The van der Waals surface area contributed by atoms with E-state index in [1.807, 2.05) is 0 Å². The molecule has 12 nitrogen and oxygen atoms in total. The van der Waals surface area contributed by atoms with Gasteiger partial charge in [0.25, 0.3) is 0 Å². The van der Waals surface area contributed by atoms with E-state index in [2.05, 4.69) is 4.74 Å². The van der Waals surface area contributed by atoms with E-state index in [1.54, 1.807) is 24.3 Å². The smallest absolute Gasteiger partial charge is 0.313 e. The Hall–Kier alpha value is -3.29. The minimum atomic E-state index is -2.35. The van der Waals surface area contributed by atoms with E-state index >= 15 is 0 Å². The molecule has 0 N–H and O–H groups in total. The Bertz CT molecular complexity index is 1180. The van der Waals surface area contributed by atoms with Gasteiger partial charge in [-0.25, -0.2) is 13.2 Å². The molecule has 0 bridgehead atoms. The Morgan fingerprint density at radius 2 is 0.796 bits per heavy atom. The third-order valence-electron chi connectivity index (χ3n) is 5.95. The van der Waals surface area contributed by atoms with Crippen molar-refractivity contribution in [3.63, 3.8) is 0 Å². The highest BCUT2D eigenvalue weighted by Gasteiger charge is 2.28. The van der Waals surface area contributed by atoms with Crippen molar-refractivity contribution in [3.05, 3.63) is 58.9 Å². The highest BCUT2D eigenvalue weighted by Crippen LogP contribution is 2.29. The molecule has 2 aromatic carbocycles. The third kappa shape index (κ3) is 18.3. The molecule has 17 heteroatoms. The van der Waals surface area contributed by atoms with Crippen LogP contribution in [0.25, 0.3) is 0 Å². The number of rotatable bonds is 30. The lowest BCUT2D eigenvalue weighted by atomic mass is 10.2. The number of hydrogen-bond donors (Lipinski definition) is 0. The van der Waals surface area contributed by atoms with Crippen molar-refractivity contribution in [2.75, 3.05) is 112 Å². The predicted molar refractivity (Wildman–Crippen MR) is 160 cm³/mol. The highest BCUT2D eigenvalue weighted by molar-refractivity contribution is 5.74. The monoisotopic (exact) mass is 712 g/mol. The van der Waals surface area contributed by atoms with Crippen LogP contribution in [-0.2, 0) is 42.7 Å². The van der Waals surface area contributed by atoms with Gasteiger partial charge in [-0.2, -0.15) is 8.78 Å². The van der Waals surface area contributed by atoms with E-state index in [0.29, 0.717) is 97.2 Å². The fourth-order valence-corrected chi connectivity index (χ4v) is 3.50. The average molecular weight is 713 g/mol. The van der Waals surface area contributed by atoms with Gasteiger partial charge in [-0.3, -0.25) is 9.59 Å². The first kappa shape index (κ1) is 41.9. The van der Waals surface area contributed by atoms with Crippen molar-refractivity contribution in [2.24, 2.45) is 0 Å². The molecule has 2 rings (SSSR count). The maximum atomic E-state index is 13.5. The number of aldehydes is 1. The molecule has 0 spiro atoms. The van der Waals surface area contributed by atoms with E-state index in [4.69, 9.17) is 42.6 Å². The Morgan fingerprint density at radius 1 is 0.469 bits per heavy atom. The molecule has 0 aliphatic carbocycles. The Kier molecular flexibility index (Phi) is 22.7. The minimum Gasteiger partial charge on any atom is -0.491 e. The average Bonchev–Trinajstić information content (AvgIpc) is 3.11. The number of carbonyl (C=O) groups excluding carboxylic acids is 2.